The summed E-state index contributed by atoms with van der Waals surface area (Å²) in [6.45, 7) is 4.55. The minimum atomic E-state index is -3.64. The summed E-state index contributed by atoms with van der Waals surface area (Å²) in [5.74, 6) is -2.10. The number of esters is 1. The summed E-state index contributed by atoms with van der Waals surface area (Å²) in [6.07, 6.45) is 0.374. The van der Waals surface area contributed by atoms with E-state index in [4.69, 9.17) is 4.74 Å². The highest BCUT2D eigenvalue weighted by Crippen LogP contribution is 2.26. The quantitative estimate of drug-likeness (QED) is 0.513. The molecule has 1 aromatic carbocycles. The third kappa shape index (κ3) is 5.25. The fourth-order valence-electron chi connectivity index (χ4n) is 2.92. The Kier molecular flexibility index (Phi) is 6.00. The van der Waals surface area contributed by atoms with E-state index >= 15 is 0 Å². The first kappa shape index (κ1) is 22.0. The summed E-state index contributed by atoms with van der Waals surface area (Å²) in [5.41, 5.74) is -0.406. The monoisotopic (exact) mass is 450 g/mol. The summed E-state index contributed by atoms with van der Waals surface area (Å²) < 4.78 is 32.3. The maximum Gasteiger partial charge on any atom is 0.326 e. The first-order chi connectivity index (χ1) is 14.0. The molecule has 0 fully saturated rings. The Labute approximate surface area is 178 Å². The second-order valence-corrected chi connectivity index (χ2v) is 10.7. The first-order valence-electron chi connectivity index (χ1n) is 9.20. The van der Waals surface area contributed by atoms with Crippen LogP contribution in [0.5, 0.6) is 0 Å². The zero-order valence-electron chi connectivity index (χ0n) is 16.8. The van der Waals surface area contributed by atoms with Gasteiger partial charge in [-0.15, -0.1) is 11.3 Å². The third-order valence-electron chi connectivity index (χ3n) is 4.15. The SMILES string of the molecule is CC(C)(C)OC(=O)CN1C(=O)c2ccc(NS(=O)(=O)CCc3cccs3)cc2C1=O. The van der Waals surface area contributed by atoms with Gasteiger partial charge in [-0.1, -0.05) is 6.07 Å². The van der Waals surface area contributed by atoms with E-state index in [2.05, 4.69) is 4.72 Å². The van der Waals surface area contributed by atoms with Gasteiger partial charge < -0.3 is 4.74 Å². The lowest BCUT2D eigenvalue weighted by Crippen LogP contribution is -2.38. The van der Waals surface area contributed by atoms with Crippen LogP contribution in [0.2, 0.25) is 0 Å². The largest absolute Gasteiger partial charge is 0.459 e. The molecule has 0 unspecified atom stereocenters. The maximum absolute atomic E-state index is 12.6. The number of nitrogens with zero attached hydrogens (tertiary/aromatic N) is 1. The van der Waals surface area contributed by atoms with Crippen LogP contribution in [-0.2, 0) is 26.0 Å². The van der Waals surface area contributed by atoms with Gasteiger partial charge in [-0.05, 0) is 56.8 Å². The molecule has 1 aliphatic heterocycles. The average Bonchev–Trinajstić information content (AvgIpc) is 3.22. The number of hydrogen-bond donors (Lipinski definition) is 1. The molecule has 0 saturated heterocycles. The number of nitrogens with one attached hydrogen (secondary N) is 1. The Hall–Kier alpha value is -2.72. The summed E-state index contributed by atoms with van der Waals surface area (Å²) in [6, 6.07) is 7.82. The summed E-state index contributed by atoms with van der Waals surface area (Å²) in [4.78, 5) is 38.9. The topological polar surface area (TPSA) is 110 Å². The normalized spacial score (nSPS) is 14.0. The predicted molar refractivity (Wildman–Crippen MR) is 113 cm³/mol. The fourth-order valence-corrected chi connectivity index (χ4v) is 4.84. The van der Waals surface area contributed by atoms with Gasteiger partial charge in [0.25, 0.3) is 11.8 Å². The van der Waals surface area contributed by atoms with Crippen LogP contribution >= 0.6 is 11.3 Å². The zero-order chi connectivity index (χ0) is 22.1. The second-order valence-electron chi connectivity index (χ2n) is 7.79. The standard InChI is InChI=1S/C20H22N2O6S2/c1-20(2,3)28-17(23)12-22-18(24)15-7-6-13(11-16(15)19(22)25)21-30(26,27)10-8-14-5-4-9-29-14/h4-7,9,11,21H,8,10,12H2,1-3H3. The van der Waals surface area contributed by atoms with Gasteiger partial charge in [-0.2, -0.15) is 0 Å². The van der Waals surface area contributed by atoms with Gasteiger partial charge in [0.1, 0.15) is 12.1 Å². The molecule has 0 aliphatic carbocycles. The van der Waals surface area contributed by atoms with Gasteiger partial charge in [0.2, 0.25) is 10.0 Å². The molecule has 2 amide bonds. The van der Waals surface area contributed by atoms with Crippen molar-refractivity contribution in [1.29, 1.82) is 0 Å². The number of carbonyl (C=O) groups excluding carboxylic acids is 3. The maximum atomic E-state index is 12.6. The van der Waals surface area contributed by atoms with Crippen molar-refractivity contribution in [3.63, 3.8) is 0 Å². The van der Waals surface area contributed by atoms with Crippen LogP contribution in [0.1, 0.15) is 46.4 Å². The predicted octanol–water partition coefficient (Wildman–Crippen LogP) is 2.67. The molecule has 0 bridgehead atoms. The number of hydrogen-bond acceptors (Lipinski definition) is 7. The number of ether oxygens (including phenoxy) is 1. The number of thiophene rings is 1. The van der Waals surface area contributed by atoms with Crippen LogP contribution in [0.25, 0.3) is 0 Å². The van der Waals surface area contributed by atoms with E-state index in [-0.39, 0.29) is 22.6 Å². The van der Waals surface area contributed by atoms with Crippen molar-refractivity contribution in [2.45, 2.75) is 32.8 Å². The number of aryl methyl sites for hydroxylation is 1. The van der Waals surface area contributed by atoms with Crippen molar-refractivity contribution >= 4 is 44.8 Å². The molecule has 0 spiro atoms. The van der Waals surface area contributed by atoms with Crippen molar-refractivity contribution in [3.8, 4) is 0 Å². The number of fused-ring (bicyclic) bond motifs is 1. The lowest BCUT2D eigenvalue weighted by Gasteiger charge is -2.21. The summed E-state index contributed by atoms with van der Waals surface area (Å²) in [5, 5.41) is 1.88. The van der Waals surface area contributed by atoms with Crippen LogP contribution in [0.15, 0.2) is 35.7 Å². The lowest BCUT2D eigenvalue weighted by molar-refractivity contribution is -0.155. The van der Waals surface area contributed by atoms with Gasteiger partial charge in [0, 0.05) is 10.6 Å². The Morgan fingerprint density at radius 1 is 1.13 bits per heavy atom. The Morgan fingerprint density at radius 3 is 2.47 bits per heavy atom. The van der Waals surface area contributed by atoms with Crippen molar-refractivity contribution in [1.82, 2.24) is 4.90 Å². The minimum Gasteiger partial charge on any atom is -0.459 e. The number of sulfonamides is 1. The molecule has 2 aromatic rings. The Balaban J connectivity index is 1.71. The molecule has 1 aliphatic rings. The van der Waals surface area contributed by atoms with Crippen LogP contribution in [-0.4, -0.2) is 49.0 Å². The second kappa shape index (κ2) is 8.19. The van der Waals surface area contributed by atoms with E-state index in [0.29, 0.717) is 6.42 Å². The molecular formula is C20H22N2O6S2. The van der Waals surface area contributed by atoms with Gasteiger partial charge in [-0.3, -0.25) is 24.0 Å². The average molecular weight is 451 g/mol. The van der Waals surface area contributed by atoms with Gasteiger partial charge in [0.15, 0.2) is 0 Å². The van der Waals surface area contributed by atoms with Crippen molar-refractivity contribution in [2.75, 3.05) is 17.0 Å². The number of carbonyl (C=O) groups is 3. The van der Waals surface area contributed by atoms with Gasteiger partial charge in [0.05, 0.1) is 16.9 Å². The van der Waals surface area contributed by atoms with E-state index in [1.807, 2.05) is 17.5 Å². The molecular weight excluding hydrogens is 428 g/mol. The zero-order valence-corrected chi connectivity index (χ0v) is 18.4. The van der Waals surface area contributed by atoms with Crippen molar-refractivity contribution in [2.24, 2.45) is 0 Å². The van der Waals surface area contributed by atoms with E-state index < -0.39 is 40.0 Å². The number of amides is 2. The Bertz CT molecular complexity index is 1080. The molecule has 0 atom stereocenters. The van der Waals surface area contributed by atoms with Crippen LogP contribution < -0.4 is 4.72 Å². The van der Waals surface area contributed by atoms with Gasteiger partial charge >= 0.3 is 5.97 Å². The smallest absolute Gasteiger partial charge is 0.326 e. The lowest BCUT2D eigenvalue weighted by atomic mass is 10.1. The first-order valence-corrected chi connectivity index (χ1v) is 11.7. The highest BCUT2D eigenvalue weighted by molar-refractivity contribution is 7.92. The van der Waals surface area contributed by atoms with E-state index in [0.717, 1.165) is 9.78 Å². The highest BCUT2D eigenvalue weighted by atomic mass is 32.2. The minimum absolute atomic E-state index is 0.0435. The molecule has 30 heavy (non-hydrogen) atoms. The number of imide groups is 1. The molecule has 10 heteroatoms. The van der Waals surface area contributed by atoms with Crippen molar-refractivity contribution in [3.05, 3.63) is 51.7 Å². The summed E-state index contributed by atoms with van der Waals surface area (Å²) >= 11 is 1.48. The fraction of sp³-hybridized carbons (Fsp3) is 0.350. The molecule has 0 radical (unpaired) electrons. The number of benzene rings is 1. The molecule has 0 saturated carbocycles. The van der Waals surface area contributed by atoms with Crippen molar-refractivity contribution < 1.29 is 27.5 Å². The molecule has 3 rings (SSSR count). The van der Waals surface area contributed by atoms with E-state index in [9.17, 15) is 22.8 Å². The van der Waals surface area contributed by atoms with Crippen LogP contribution in [0.3, 0.4) is 0 Å². The van der Waals surface area contributed by atoms with E-state index in [1.165, 1.54) is 29.5 Å². The number of rotatable bonds is 7. The molecule has 1 aromatic heterocycles. The summed E-state index contributed by atoms with van der Waals surface area (Å²) in [7, 11) is -3.64. The third-order valence-corrected chi connectivity index (χ3v) is 6.37. The molecule has 2 heterocycles. The van der Waals surface area contributed by atoms with E-state index in [1.54, 1.807) is 20.8 Å². The molecule has 1 N–H and O–H groups in total. The Morgan fingerprint density at radius 2 is 1.83 bits per heavy atom. The molecule has 8 nitrogen and oxygen atoms in total. The number of anilines is 1. The van der Waals surface area contributed by atoms with Crippen LogP contribution in [0, 0.1) is 0 Å². The van der Waals surface area contributed by atoms with Gasteiger partial charge in [-0.25, -0.2) is 8.42 Å². The molecule has 160 valence electrons. The highest BCUT2D eigenvalue weighted by Gasteiger charge is 2.37. The van der Waals surface area contributed by atoms with Crippen LogP contribution in [0.4, 0.5) is 5.69 Å².